The first kappa shape index (κ1) is 25.9. The van der Waals surface area contributed by atoms with Crippen LogP contribution in [0.1, 0.15) is 51.9 Å². The molecule has 1 N–H and O–H groups in total. The molecule has 1 aromatic rings. The van der Waals surface area contributed by atoms with E-state index < -0.39 is 5.97 Å². The number of hydrogen-bond acceptors (Lipinski definition) is 4. The molecule has 1 aliphatic heterocycles. The molecule has 0 saturated heterocycles. The van der Waals surface area contributed by atoms with Gasteiger partial charge in [-0.05, 0) is 43.7 Å². The molecule has 0 amide bonds. The van der Waals surface area contributed by atoms with Crippen molar-refractivity contribution in [3.63, 3.8) is 0 Å². The summed E-state index contributed by atoms with van der Waals surface area (Å²) >= 11 is 0. The topological polar surface area (TPSA) is 55.4 Å². The standard InChI is InChI=1S/C21H21NO3.2C2H6/c1-5-16-18(7-3)22-19(8-4)17(6-2)20(16)21(24)25-15-11-9-14(13-23)10-12-15;2*1-2/h5-13,18,22H,1,3H2,2,4H3;2*1-2H3/b17-6+,19-8+;;. The summed E-state index contributed by atoms with van der Waals surface area (Å²) in [6.45, 7) is 19.4. The van der Waals surface area contributed by atoms with Gasteiger partial charge in [-0.1, -0.05) is 58.6 Å². The van der Waals surface area contributed by atoms with Gasteiger partial charge in [0.05, 0.1) is 11.6 Å². The van der Waals surface area contributed by atoms with Gasteiger partial charge in [-0.15, -0.1) is 6.58 Å². The van der Waals surface area contributed by atoms with Gasteiger partial charge in [0.2, 0.25) is 0 Å². The lowest BCUT2D eigenvalue weighted by atomic mass is 9.88. The maximum Gasteiger partial charge on any atom is 0.344 e. The molecule has 0 fully saturated rings. The van der Waals surface area contributed by atoms with E-state index in [0.29, 0.717) is 22.5 Å². The summed E-state index contributed by atoms with van der Waals surface area (Å²) < 4.78 is 5.51. The van der Waals surface area contributed by atoms with E-state index in [-0.39, 0.29) is 6.04 Å². The van der Waals surface area contributed by atoms with Crippen molar-refractivity contribution in [3.8, 4) is 5.75 Å². The quantitative estimate of drug-likeness (QED) is 0.290. The predicted octanol–water partition coefficient (Wildman–Crippen LogP) is 5.95. The molecule has 4 nitrogen and oxygen atoms in total. The molecular weight excluding hydrogens is 362 g/mol. The number of ether oxygens (including phenoxy) is 1. The number of benzene rings is 1. The van der Waals surface area contributed by atoms with Gasteiger partial charge in [0.25, 0.3) is 0 Å². The normalized spacial score (nSPS) is 17.8. The molecule has 0 bridgehead atoms. The fraction of sp³-hybridized carbons (Fsp3) is 0.280. The van der Waals surface area contributed by atoms with Crippen molar-refractivity contribution >= 4 is 12.3 Å². The zero-order valence-electron chi connectivity index (χ0n) is 18.4. The van der Waals surface area contributed by atoms with Gasteiger partial charge in [0.15, 0.2) is 0 Å². The molecular formula is C25H33NO3. The third-order valence-corrected chi connectivity index (χ3v) is 3.96. The van der Waals surface area contributed by atoms with E-state index in [2.05, 4.69) is 18.5 Å². The summed E-state index contributed by atoms with van der Waals surface area (Å²) in [6, 6.07) is 6.15. The summed E-state index contributed by atoms with van der Waals surface area (Å²) in [5.41, 5.74) is 3.27. The molecule has 1 aromatic carbocycles. The number of hydrogen-bond donors (Lipinski definition) is 1. The van der Waals surface area contributed by atoms with Crippen LogP contribution >= 0.6 is 0 Å². The van der Waals surface area contributed by atoms with Crippen LogP contribution in [0.3, 0.4) is 0 Å². The van der Waals surface area contributed by atoms with Crippen LogP contribution in [0.5, 0.6) is 5.75 Å². The lowest BCUT2D eigenvalue weighted by Crippen LogP contribution is -2.36. The minimum Gasteiger partial charge on any atom is -0.423 e. The second kappa shape index (κ2) is 13.9. The summed E-state index contributed by atoms with van der Waals surface area (Å²) in [4.78, 5) is 23.6. The van der Waals surface area contributed by atoms with Crippen molar-refractivity contribution in [3.05, 3.63) is 89.7 Å². The molecule has 1 unspecified atom stereocenters. The molecule has 2 rings (SSSR count). The third kappa shape index (κ3) is 6.46. The molecule has 0 spiro atoms. The van der Waals surface area contributed by atoms with E-state index in [9.17, 15) is 9.59 Å². The molecule has 0 saturated carbocycles. The Morgan fingerprint density at radius 2 is 1.62 bits per heavy atom. The Balaban J connectivity index is 0.00000184. The van der Waals surface area contributed by atoms with Crippen LogP contribution < -0.4 is 10.1 Å². The van der Waals surface area contributed by atoms with Crippen molar-refractivity contribution in [2.24, 2.45) is 0 Å². The first-order chi connectivity index (χ1) is 14.1. The lowest BCUT2D eigenvalue weighted by molar-refractivity contribution is -0.130. The van der Waals surface area contributed by atoms with E-state index in [1.807, 2.05) is 53.7 Å². The van der Waals surface area contributed by atoms with E-state index in [1.54, 1.807) is 36.4 Å². The maximum absolute atomic E-state index is 12.9. The Hall–Kier alpha value is -3.14. The molecule has 0 aromatic heterocycles. The van der Waals surface area contributed by atoms with Gasteiger partial charge in [-0.25, -0.2) is 4.79 Å². The van der Waals surface area contributed by atoms with Crippen LogP contribution in [-0.4, -0.2) is 18.3 Å². The highest BCUT2D eigenvalue weighted by Crippen LogP contribution is 2.31. The van der Waals surface area contributed by atoms with Crippen LogP contribution in [-0.2, 0) is 4.79 Å². The van der Waals surface area contributed by atoms with Crippen LogP contribution in [0.25, 0.3) is 0 Å². The number of carbonyl (C=O) groups excluding carboxylic acids is 2. The number of rotatable bonds is 5. The zero-order chi connectivity index (χ0) is 22.4. The Kier molecular flexibility index (Phi) is 12.4. The van der Waals surface area contributed by atoms with Crippen LogP contribution in [0, 0.1) is 0 Å². The maximum atomic E-state index is 12.9. The Bertz CT molecular complexity index is 796. The lowest BCUT2D eigenvalue weighted by Gasteiger charge is -2.30. The van der Waals surface area contributed by atoms with Crippen molar-refractivity contribution in [1.82, 2.24) is 5.32 Å². The molecule has 156 valence electrons. The monoisotopic (exact) mass is 395 g/mol. The summed E-state index contributed by atoms with van der Waals surface area (Å²) in [6.07, 6.45) is 7.86. The molecule has 29 heavy (non-hydrogen) atoms. The van der Waals surface area contributed by atoms with Crippen molar-refractivity contribution < 1.29 is 14.3 Å². The summed E-state index contributed by atoms with van der Waals surface area (Å²) in [7, 11) is 0. The van der Waals surface area contributed by atoms with Gasteiger partial charge in [0, 0.05) is 16.8 Å². The number of esters is 1. The first-order valence-electron chi connectivity index (χ1n) is 9.96. The minimum absolute atomic E-state index is 0.229. The van der Waals surface area contributed by atoms with E-state index in [0.717, 1.165) is 17.6 Å². The average molecular weight is 396 g/mol. The summed E-state index contributed by atoms with van der Waals surface area (Å²) in [5.74, 6) is -0.104. The van der Waals surface area contributed by atoms with Crippen molar-refractivity contribution in [2.75, 3.05) is 0 Å². The number of nitrogens with one attached hydrogen (secondary N) is 1. The van der Waals surface area contributed by atoms with Gasteiger partial charge in [-0.3, -0.25) is 4.79 Å². The second-order valence-corrected chi connectivity index (χ2v) is 5.37. The largest absolute Gasteiger partial charge is 0.423 e. The molecule has 0 radical (unpaired) electrons. The molecule has 4 heteroatoms. The smallest absolute Gasteiger partial charge is 0.344 e. The van der Waals surface area contributed by atoms with Gasteiger partial charge >= 0.3 is 5.97 Å². The van der Waals surface area contributed by atoms with Crippen LogP contribution in [0.2, 0.25) is 0 Å². The van der Waals surface area contributed by atoms with Gasteiger partial charge in [-0.2, -0.15) is 0 Å². The van der Waals surface area contributed by atoms with Crippen LogP contribution in [0.15, 0.2) is 84.1 Å². The Morgan fingerprint density at radius 1 is 1.03 bits per heavy atom. The highest BCUT2D eigenvalue weighted by atomic mass is 16.5. The van der Waals surface area contributed by atoms with E-state index in [4.69, 9.17) is 4.74 Å². The highest BCUT2D eigenvalue weighted by molar-refractivity contribution is 5.98. The van der Waals surface area contributed by atoms with Crippen molar-refractivity contribution in [2.45, 2.75) is 47.6 Å². The number of allylic oxidation sites excluding steroid dienone is 3. The Labute approximate surface area is 175 Å². The molecule has 0 aliphatic carbocycles. The predicted molar refractivity (Wildman–Crippen MR) is 122 cm³/mol. The average Bonchev–Trinajstić information content (AvgIpc) is 2.80. The van der Waals surface area contributed by atoms with Crippen LogP contribution in [0.4, 0.5) is 0 Å². The second-order valence-electron chi connectivity index (χ2n) is 5.37. The molecule has 1 aliphatic rings. The third-order valence-electron chi connectivity index (χ3n) is 3.96. The fourth-order valence-corrected chi connectivity index (χ4v) is 2.72. The van der Waals surface area contributed by atoms with E-state index in [1.165, 1.54) is 0 Å². The van der Waals surface area contributed by atoms with E-state index >= 15 is 0 Å². The number of carbonyl (C=O) groups is 2. The molecule has 1 heterocycles. The van der Waals surface area contributed by atoms with Gasteiger partial charge < -0.3 is 10.1 Å². The zero-order valence-corrected chi connectivity index (χ0v) is 18.4. The number of aldehydes is 1. The first-order valence-corrected chi connectivity index (χ1v) is 9.96. The minimum atomic E-state index is -0.477. The SMILES string of the molecule is C=CC1=C(C(=O)Oc2ccc(C=O)cc2)C(=C/C)/C(=C\C)NC1C=C.CC.CC. The van der Waals surface area contributed by atoms with Crippen molar-refractivity contribution in [1.29, 1.82) is 0 Å². The fourth-order valence-electron chi connectivity index (χ4n) is 2.72. The highest BCUT2D eigenvalue weighted by Gasteiger charge is 2.30. The van der Waals surface area contributed by atoms with Gasteiger partial charge in [0.1, 0.15) is 12.0 Å². The summed E-state index contributed by atoms with van der Waals surface area (Å²) in [5, 5.41) is 3.32. The Morgan fingerprint density at radius 3 is 2.03 bits per heavy atom. The molecule has 1 atom stereocenters.